The molecule has 6 nitrogen and oxygen atoms in total. The quantitative estimate of drug-likeness (QED) is 0.175. The first-order valence-corrected chi connectivity index (χ1v) is 20.2. The van der Waals surface area contributed by atoms with Crippen LogP contribution >= 0.6 is 14.3 Å². The molecule has 0 saturated carbocycles. The van der Waals surface area contributed by atoms with E-state index < -0.39 is 14.3 Å². The second-order valence-corrected chi connectivity index (χ2v) is 18.8. The maximum atomic E-state index is 13.2. The molecule has 0 amide bonds. The molecular formula is C37H34N4O2P2. The van der Waals surface area contributed by atoms with Crippen LogP contribution in [-0.4, -0.2) is 47.7 Å². The van der Waals surface area contributed by atoms with Crippen LogP contribution in [0.25, 0.3) is 34.2 Å². The second kappa shape index (κ2) is 11.2. The molecule has 0 saturated heterocycles. The Hall–Kier alpha value is -4.37. The fourth-order valence-electron chi connectivity index (χ4n) is 6.09. The maximum absolute atomic E-state index is 13.2. The lowest BCUT2D eigenvalue weighted by Crippen LogP contribution is -2.29. The Bertz CT molecular complexity index is 2020. The van der Waals surface area contributed by atoms with Crippen LogP contribution in [0.3, 0.4) is 0 Å². The first kappa shape index (κ1) is 29.3. The number of fused-ring (bicyclic) bond motifs is 3. The number of anilines is 2. The first-order valence-electron chi connectivity index (χ1n) is 15.0. The Morgan fingerprint density at radius 1 is 0.622 bits per heavy atom. The number of aromatic nitrogens is 3. The number of benzene rings is 4. The van der Waals surface area contributed by atoms with Crippen molar-refractivity contribution in [3.8, 4) is 34.2 Å². The Morgan fingerprint density at radius 2 is 1.20 bits per heavy atom. The van der Waals surface area contributed by atoms with Gasteiger partial charge in [-0.1, -0.05) is 103 Å². The van der Waals surface area contributed by atoms with Gasteiger partial charge < -0.3 is 14.0 Å². The summed E-state index contributed by atoms with van der Waals surface area (Å²) in [6.45, 7) is 7.24. The van der Waals surface area contributed by atoms with Gasteiger partial charge in [-0.25, -0.2) is 15.0 Å². The summed E-state index contributed by atoms with van der Waals surface area (Å²) in [5, 5.41) is 1.70. The van der Waals surface area contributed by atoms with Crippen LogP contribution in [-0.2, 0) is 9.13 Å². The first-order chi connectivity index (χ1) is 21.6. The summed E-state index contributed by atoms with van der Waals surface area (Å²) in [5.41, 5.74) is 5.81. The van der Waals surface area contributed by atoms with Crippen LogP contribution in [0.2, 0.25) is 0 Å². The molecule has 1 aromatic heterocycles. The van der Waals surface area contributed by atoms with Crippen LogP contribution in [0.15, 0.2) is 127 Å². The van der Waals surface area contributed by atoms with E-state index in [-0.39, 0.29) is 12.0 Å². The molecule has 0 spiro atoms. The smallest absolute Gasteiger partial charge is 0.164 e. The van der Waals surface area contributed by atoms with E-state index in [2.05, 4.69) is 41.3 Å². The van der Waals surface area contributed by atoms with E-state index in [1.54, 1.807) is 13.3 Å². The minimum atomic E-state index is -2.51. The Balaban J connectivity index is 1.39. The van der Waals surface area contributed by atoms with Crippen molar-refractivity contribution in [1.29, 1.82) is 0 Å². The lowest BCUT2D eigenvalue weighted by Gasteiger charge is -2.31. The molecule has 1 aliphatic heterocycles. The highest BCUT2D eigenvalue weighted by molar-refractivity contribution is 7.70. The van der Waals surface area contributed by atoms with Crippen molar-refractivity contribution in [2.75, 3.05) is 31.6 Å². The van der Waals surface area contributed by atoms with Crippen LogP contribution in [0.1, 0.15) is 11.5 Å². The second-order valence-electron chi connectivity index (χ2n) is 12.4. The molecule has 2 aliphatic rings. The van der Waals surface area contributed by atoms with Gasteiger partial charge in [0.1, 0.15) is 14.3 Å². The zero-order chi connectivity index (χ0) is 31.3. The van der Waals surface area contributed by atoms with E-state index in [0.29, 0.717) is 17.5 Å². The Kier molecular flexibility index (Phi) is 7.31. The summed E-state index contributed by atoms with van der Waals surface area (Å²) in [6.07, 6.45) is 6.34. The van der Waals surface area contributed by atoms with Crippen molar-refractivity contribution in [2.45, 2.75) is 12.0 Å². The third kappa shape index (κ3) is 5.65. The minimum Gasteiger partial charge on any atom is -0.333 e. The number of nitrogens with zero attached hydrogens (tertiary/aromatic N) is 4. The molecule has 2 heterocycles. The van der Waals surface area contributed by atoms with Crippen molar-refractivity contribution in [1.82, 2.24) is 15.0 Å². The number of rotatable bonds is 6. The van der Waals surface area contributed by atoms with Crippen LogP contribution in [0, 0.1) is 0 Å². The molecule has 0 bridgehead atoms. The highest BCUT2D eigenvalue weighted by Crippen LogP contribution is 2.55. The van der Waals surface area contributed by atoms with Gasteiger partial charge in [-0.15, -0.1) is 0 Å². The fraction of sp³-hybridized carbons (Fsp3) is 0.162. The van der Waals surface area contributed by atoms with Crippen LogP contribution < -0.4 is 10.2 Å². The predicted octanol–water partition coefficient (Wildman–Crippen LogP) is 8.80. The molecular weight excluding hydrogens is 594 g/mol. The zero-order valence-electron chi connectivity index (χ0n) is 25.7. The average Bonchev–Trinajstić information content (AvgIpc) is 3.38. The topological polar surface area (TPSA) is 76.1 Å². The van der Waals surface area contributed by atoms with Gasteiger partial charge in [-0.3, -0.25) is 0 Å². The summed E-state index contributed by atoms with van der Waals surface area (Å²) in [5.74, 6) is 1.86. The molecule has 45 heavy (non-hydrogen) atoms. The summed E-state index contributed by atoms with van der Waals surface area (Å²) < 4.78 is 26.4. The molecule has 2 unspecified atom stereocenters. The molecule has 4 aromatic carbocycles. The highest BCUT2D eigenvalue weighted by Gasteiger charge is 2.40. The summed E-state index contributed by atoms with van der Waals surface area (Å²) in [6, 6.07) is 34.2. The minimum absolute atomic E-state index is 0.0765. The molecule has 224 valence electrons. The fourth-order valence-corrected chi connectivity index (χ4v) is 7.92. The monoisotopic (exact) mass is 628 g/mol. The van der Waals surface area contributed by atoms with Gasteiger partial charge in [0, 0.05) is 44.6 Å². The summed E-state index contributed by atoms with van der Waals surface area (Å²) >= 11 is 0. The number of hydrogen-bond acceptors (Lipinski definition) is 6. The lowest BCUT2D eigenvalue weighted by atomic mass is 9.91. The van der Waals surface area contributed by atoms with Gasteiger partial charge in [-0.05, 0) is 50.4 Å². The molecule has 0 fully saturated rings. The van der Waals surface area contributed by atoms with E-state index >= 15 is 0 Å². The van der Waals surface area contributed by atoms with E-state index in [4.69, 9.17) is 15.0 Å². The summed E-state index contributed by atoms with van der Waals surface area (Å²) in [7, 11) is -5.00. The molecule has 7 rings (SSSR count). The molecule has 0 radical (unpaired) electrons. The average molecular weight is 629 g/mol. The number of allylic oxidation sites excluding steroid dienone is 2. The van der Waals surface area contributed by atoms with Gasteiger partial charge >= 0.3 is 0 Å². The third-order valence-corrected chi connectivity index (χ3v) is 11.5. The van der Waals surface area contributed by atoms with E-state index in [1.165, 1.54) is 0 Å². The zero-order valence-corrected chi connectivity index (χ0v) is 27.5. The molecule has 5 aromatic rings. The van der Waals surface area contributed by atoms with Gasteiger partial charge in [0.2, 0.25) is 0 Å². The standard InChI is InChI=1S/C37H34N4O2P2/c1-44(2,42)29-18-20-31-32-21-19-30(45(3,4)43)24-34(32)41(33(31)23-29)28-17-11-16-27(22-28)37-39-35(25-12-7-5-8-13-25)38-36(40-37)26-14-9-6-10-15-26/h5-24,31,33H,1-4H3. The normalized spacial score (nSPS) is 17.5. The predicted molar refractivity (Wildman–Crippen MR) is 187 cm³/mol. The number of hydrogen-bond donors (Lipinski definition) is 0. The van der Waals surface area contributed by atoms with Crippen LogP contribution in [0.4, 0.5) is 11.4 Å². The van der Waals surface area contributed by atoms with E-state index in [0.717, 1.165) is 44.2 Å². The Morgan fingerprint density at radius 3 is 1.78 bits per heavy atom. The molecule has 8 heteroatoms. The largest absolute Gasteiger partial charge is 0.333 e. The summed E-state index contributed by atoms with van der Waals surface area (Å²) in [4.78, 5) is 17.0. The van der Waals surface area contributed by atoms with Gasteiger partial charge in [0.05, 0.1) is 6.04 Å². The van der Waals surface area contributed by atoms with Crippen molar-refractivity contribution >= 4 is 31.0 Å². The van der Waals surface area contributed by atoms with Gasteiger partial charge in [0.25, 0.3) is 0 Å². The van der Waals surface area contributed by atoms with Crippen molar-refractivity contribution < 1.29 is 9.13 Å². The van der Waals surface area contributed by atoms with Crippen molar-refractivity contribution in [3.05, 3.63) is 132 Å². The maximum Gasteiger partial charge on any atom is 0.164 e. The molecule has 2 atom stereocenters. The molecule has 1 aliphatic carbocycles. The SMILES string of the molecule is CP(C)(=O)C1=CC2C(C=C1)c1ccc(P(C)(C)=O)cc1N2c1cccc(-c2nc(-c3ccccc3)nc(-c3ccccc3)n2)c1. The van der Waals surface area contributed by atoms with Gasteiger partial charge in [0.15, 0.2) is 17.5 Å². The van der Waals surface area contributed by atoms with Crippen molar-refractivity contribution in [2.24, 2.45) is 0 Å². The Labute approximate surface area is 264 Å². The molecule has 0 N–H and O–H groups in total. The van der Waals surface area contributed by atoms with E-state index in [9.17, 15) is 9.13 Å². The highest BCUT2D eigenvalue weighted by atomic mass is 31.2. The van der Waals surface area contributed by atoms with Crippen LogP contribution in [0.5, 0.6) is 0 Å². The van der Waals surface area contributed by atoms with Crippen molar-refractivity contribution in [3.63, 3.8) is 0 Å². The lowest BCUT2D eigenvalue weighted by molar-refractivity contribution is 0.585. The van der Waals surface area contributed by atoms with E-state index in [1.807, 2.05) is 98.3 Å². The third-order valence-electron chi connectivity index (χ3n) is 8.44. The van der Waals surface area contributed by atoms with Gasteiger partial charge in [-0.2, -0.15) is 0 Å².